The van der Waals surface area contributed by atoms with Crippen LogP contribution in [0, 0.1) is 13.8 Å². The number of aryl methyl sites for hydroxylation is 3. The fourth-order valence-corrected chi connectivity index (χ4v) is 3.29. The molecule has 0 saturated carbocycles. The Morgan fingerprint density at radius 1 is 1.20 bits per heavy atom. The molecule has 8 heteroatoms. The second kappa shape index (κ2) is 6.21. The van der Waals surface area contributed by atoms with E-state index in [0.717, 1.165) is 33.6 Å². The lowest BCUT2D eigenvalue weighted by molar-refractivity contribution is 0.883. The van der Waals surface area contributed by atoms with Gasteiger partial charge in [-0.3, -0.25) is 4.98 Å². The van der Waals surface area contributed by atoms with Crippen LogP contribution in [0.4, 0.5) is 0 Å². The van der Waals surface area contributed by atoms with Crippen molar-refractivity contribution in [2.75, 3.05) is 0 Å². The number of aromatic nitrogens is 7. The van der Waals surface area contributed by atoms with E-state index < -0.39 is 0 Å². The third-order valence-corrected chi connectivity index (χ3v) is 4.64. The first-order chi connectivity index (χ1) is 12.1. The zero-order chi connectivity index (χ0) is 17.4. The van der Waals surface area contributed by atoms with Crippen LogP contribution in [0.2, 0.25) is 0 Å². The first kappa shape index (κ1) is 15.6. The minimum Gasteiger partial charge on any atom is -0.332 e. The molecule has 4 heterocycles. The minimum absolute atomic E-state index is 0.676. The average molecular weight is 351 g/mol. The molecule has 0 N–H and O–H groups in total. The van der Waals surface area contributed by atoms with Gasteiger partial charge in [-0.05, 0) is 19.9 Å². The van der Waals surface area contributed by atoms with E-state index in [1.807, 2.05) is 53.7 Å². The van der Waals surface area contributed by atoms with E-state index in [1.165, 1.54) is 0 Å². The third-order valence-electron chi connectivity index (χ3n) is 3.87. The smallest absolute Gasteiger partial charge is 0.177 e. The van der Waals surface area contributed by atoms with Crippen LogP contribution >= 0.6 is 11.3 Å². The van der Waals surface area contributed by atoms with Gasteiger partial charge in [0.15, 0.2) is 22.3 Å². The van der Waals surface area contributed by atoms with E-state index in [1.54, 1.807) is 23.7 Å². The fourth-order valence-electron chi connectivity index (χ4n) is 2.63. The number of thiazole rings is 1. The molecule has 0 fully saturated rings. The number of hydrogen-bond donors (Lipinski definition) is 0. The Balaban J connectivity index is 1.55. The summed E-state index contributed by atoms with van der Waals surface area (Å²) >= 11 is 1.59. The molecular formula is C17H17N7S. The Bertz CT molecular complexity index is 1020. The standard InChI is InChI=1S/C17H17N7S/c1-11-9-19-12(2)15-21-14(22-24(11)15)6-4-5-13-10-23(3)16(20-13)17-18-7-8-25-17/h4,6-10H,5H2,1-3H3/b6-4+. The maximum atomic E-state index is 4.66. The van der Waals surface area contributed by atoms with E-state index in [0.29, 0.717) is 12.2 Å². The summed E-state index contributed by atoms with van der Waals surface area (Å²) in [7, 11) is 1.99. The summed E-state index contributed by atoms with van der Waals surface area (Å²) in [6, 6.07) is 0. The molecule has 0 aromatic carbocycles. The molecule has 4 rings (SSSR count). The van der Waals surface area contributed by atoms with Crippen molar-refractivity contribution < 1.29 is 0 Å². The van der Waals surface area contributed by atoms with Crippen LogP contribution in [-0.4, -0.2) is 34.1 Å². The Morgan fingerprint density at radius 2 is 2.08 bits per heavy atom. The number of fused-ring (bicyclic) bond motifs is 1. The first-order valence-electron chi connectivity index (χ1n) is 7.89. The molecule has 0 unspecified atom stereocenters. The average Bonchev–Trinajstić information content (AvgIpc) is 3.30. The number of rotatable bonds is 4. The highest BCUT2D eigenvalue weighted by Gasteiger charge is 2.09. The molecule has 4 aromatic rings. The molecular weight excluding hydrogens is 334 g/mol. The molecule has 7 nitrogen and oxygen atoms in total. The summed E-state index contributed by atoms with van der Waals surface area (Å²) in [5, 5.41) is 7.40. The molecule has 0 amide bonds. The fraction of sp³-hybridized carbons (Fsp3) is 0.235. The van der Waals surface area contributed by atoms with Crippen LogP contribution in [0.1, 0.15) is 22.9 Å². The van der Waals surface area contributed by atoms with Crippen LogP contribution in [0.25, 0.3) is 22.6 Å². The van der Waals surface area contributed by atoms with Gasteiger partial charge in [-0.1, -0.05) is 6.08 Å². The molecule has 4 aromatic heterocycles. The normalized spacial score (nSPS) is 11.8. The summed E-state index contributed by atoms with van der Waals surface area (Å²) in [6.07, 6.45) is 10.3. The highest BCUT2D eigenvalue weighted by Crippen LogP contribution is 2.20. The van der Waals surface area contributed by atoms with E-state index in [-0.39, 0.29) is 0 Å². The van der Waals surface area contributed by atoms with E-state index in [4.69, 9.17) is 0 Å². The molecule has 0 saturated heterocycles. The van der Waals surface area contributed by atoms with Crippen molar-refractivity contribution in [1.82, 2.24) is 34.1 Å². The Hall–Kier alpha value is -2.87. The van der Waals surface area contributed by atoms with Crippen LogP contribution in [-0.2, 0) is 13.5 Å². The Kier molecular flexibility index (Phi) is 3.89. The number of allylic oxidation sites excluding steroid dienone is 1. The summed E-state index contributed by atoms with van der Waals surface area (Å²) in [5.41, 5.74) is 3.62. The quantitative estimate of drug-likeness (QED) is 0.565. The highest BCUT2D eigenvalue weighted by atomic mass is 32.1. The number of imidazole rings is 1. The van der Waals surface area contributed by atoms with Crippen molar-refractivity contribution in [2.24, 2.45) is 7.05 Å². The van der Waals surface area contributed by atoms with Crippen molar-refractivity contribution in [3.8, 4) is 10.8 Å². The van der Waals surface area contributed by atoms with Crippen molar-refractivity contribution in [2.45, 2.75) is 20.3 Å². The lowest BCUT2D eigenvalue weighted by atomic mass is 10.3. The summed E-state index contributed by atoms with van der Waals surface area (Å²) < 4.78 is 3.83. The molecule has 0 radical (unpaired) electrons. The van der Waals surface area contributed by atoms with Crippen molar-refractivity contribution in [3.63, 3.8) is 0 Å². The largest absolute Gasteiger partial charge is 0.332 e. The maximum Gasteiger partial charge on any atom is 0.177 e. The Labute approximate surface area is 148 Å². The van der Waals surface area contributed by atoms with Crippen LogP contribution in [0.3, 0.4) is 0 Å². The zero-order valence-electron chi connectivity index (χ0n) is 14.2. The lowest BCUT2D eigenvalue weighted by Crippen LogP contribution is -1.97. The molecule has 0 spiro atoms. The summed E-state index contributed by atoms with van der Waals surface area (Å²) in [5.74, 6) is 1.57. The van der Waals surface area contributed by atoms with Gasteiger partial charge >= 0.3 is 0 Å². The predicted molar refractivity (Wildman–Crippen MR) is 97.3 cm³/mol. The molecule has 0 aliphatic heterocycles. The first-order valence-corrected chi connectivity index (χ1v) is 8.77. The second-order valence-electron chi connectivity index (χ2n) is 5.80. The topological polar surface area (TPSA) is 73.8 Å². The molecule has 0 aliphatic rings. The predicted octanol–water partition coefficient (Wildman–Crippen LogP) is 2.85. The van der Waals surface area contributed by atoms with Gasteiger partial charge in [0.2, 0.25) is 0 Å². The van der Waals surface area contributed by atoms with Crippen LogP contribution in [0.15, 0.2) is 30.0 Å². The molecule has 0 atom stereocenters. The van der Waals surface area contributed by atoms with Crippen LogP contribution < -0.4 is 0 Å². The molecule has 0 bridgehead atoms. The van der Waals surface area contributed by atoms with Crippen molar-refractivity contribution in [3.05, 3.63) is 53.0 Å². The van der Waals surface area contributed by atoms with Gasteiger partial charge in [-0.25, -0.2) is 19.5 Å². The summed E-state index contributed by atoms with van der Waals surface area (Å²) in [6.45, 7) is 3.90. The third kappa shape index (κ3) is 2.96. The number of nitrogens with zero attached hydrogens (tertiary/aromatic N) is 7. The van der Waals surface area contributed by atoms with Crippen molar-refractivity contribution in [1.29, 1.82) is 0 Å². The molecule has 25 heavy (non-hydrogen) atoms. The number of hydrogen-bond acceptors (Lipinski definition) is 6. The van der Waals surface area contributed by atoms with Gasteiger partial charge < -0.3 is 4.57 Å². The monoisotopic (exact) mass is 351 g/mol. The second-order valence-corrected chi connectivity index (χ2v) is 6.70. The molecule has 0 aliphatic carbocycles. The van der Waals surface area contributed by atoms with Gasteiger partial charge in [0, 0.05) is 37.4 Å². The van der Waals surface area contributed by atoms with Crippen molar-refractivity contribution >= 4 is 23.1 Å². The van der Waals surface area contributed by atoms with Gasteiger partial charge in [-0.2, -0.15) is 0 Å². The highest BCUT2D eigenvalue weighted by molar-refractivity contribution is 7.13. The molecule has 126 valence electrons. The van der Waals surface area contributed by atoms with Crippen LogP contribution in [0.5, 0.6) is 0 Å². The SMILES string of the molecule is Cc1ncc(C)n2nc(/C=C/Cc3cn(C)c(-c4nccs4)n3)nc12. The van der Waals surface area contributed by atoms with Gasteiger partial charge in [-0.15, -0.1) is 16.4 Å². The lowest BCUT2D eigenvalue weighted by Gasteiger charge is -1.97. The summed E-state index contributed by atoms with van der Waals surface area (Å²) in [4.78, 5) is 17.8. The zero-order valence-corrected chi connectivity index (χ0v) is 15.0. The van der Waals surface area contributed by atoms with E-state index >= 15 is 0 Å². The van der Waals surface area contributed by atoms with E-state index in [9.17, 15) is 0 Å². The van der Waals surface area contributed by atoms with Gasteiger partial charge in [0.05, 0.1) is 17.1 Å². The Morgan fingerprint density at radius 3 is 2.84 bits per heavy atom. The van der Waals surface area contributed by atoms with E-state index in [2.05, 4.69) is 25.0 Å². The minimum atomic E-state index is 0.676. The maximum absolute atomic E-state index is 4.66. The van der Waals surface area contributed by atoms with Gasteiger partial charge in [0.25, 0.3) is 0 Å². The van der Waals surface area contributed by atoms with Gasteiger partial charge in [0.1, 0.15) is 0 Å².